The second-order valence-electron chi connectivity index (χ2n) is 5.29. The lowest BCUT2D eigenvalue weighted by molar-refractivity contribution is -0.146. The van der Waals surface area contributed by atoms with E-state index in [9.17, 15) is 4.79 Å². The highest BCUT2D eigenvalue weighted by molar-refractivity contribution is 5.81. The number of ether oxygens (including phenoxy) is 1. The maximum atomic E-state index is 12.5. The Kier molecular flexibility index (Phi) is 3.76. The summed E-state index contributed by atoms with van der Waals surface area (Å²) in [6.07, 6.45) is 0. The number of esters is 1. The molecule has 2 aromatic rings. The maximum absolute atomic E-state index is 12.5. The van der Waals surface area contributed by atoms with Crippen LogP contribution < -0.4 is 5.32 Å². The summed E-state index contributed by atoms with van der Waals surface area (Å²) >= 11 is 0. The minimum Gasteiger partial charge on any atom is -0.465 e. The van der Waals surface area contributed by atoms with E-state index in [1.165, 1.54) is 0 Å². The van der Waals surface area contributed by atoms with Crippen molar-refractivity contribution in [1.82, 2.24) is 5.32 Å². The molecule has 0 bridgehead atoms. The molecule has 21 heavy (non-hydrogen) atoms. The van der Waals surface area contributed by atoms with E-state index in [0.29, 0.717) is 6.61 Å². The van der Waals surface area contributed by atoms with Gasteiger partial charge in [0.15, 0.2) is 0 Å². The zero-order valence-electron chi connectivity index (χ0n) is 12.1. The number of rotatable bonds is 5. The van der Waals surface area contributed by atoms with Gasteiger partial charge in [0.1, 0.15) is 5.92 Å². The molecule has 1 aliphatic rings. The normalized spacial score (nSPS) is 21.6. The summed E-state index contributed by atoms with van der Waals surface area (Å²) in [6, 6.07) is 20.0. The van der Waals surface area contributed by atoms with Gasteiger partial charge in [0, 0.05) is 6.54 Å². The summed E-state index contributed by atoms with van der Waals surface area (Å²) in [5.41, 5.74) is 1.78. The molecule has 3 rings (SSSR count). The number of benzene rings is 2. The zero-order valence-corrected chi connectivity index (χ0v) is 12.1. The van der Waals surface area contributed by atoms with E-state index >= 15 is 0 Å². The molecule has 1 N–H and O–H groups in total. The Balaban J connectivity index is 2.02. The van der Waals surface area contributed by atoms with Gasteiger partial charge in [-0.25, -0.2) is 0 Å². The van der Waals surface area contributed by atoms with Crippen LogP contribution in [0.1, 0.15) is 24.0 Å². The van der Waals surface area contributed by atoms with Crippen molar-refractivity contribution in [3.05, 3.63) is 71.8 Å². The minimum absolute atomic E-state index is 0.169. The van der Waals surface area contributed by atoms with Gasteiger partial charge < -0.3 is 10.1 Å². The third-order valence-electron chi connectivity index (χ3n) is 3.99. The molecule has 108 valence electrons. The molecular weight excluding hydrogens is 262 g/mol. The zero-order chi connectivity index (χ0) is 14.7. The third kappa shape index (κ3) is 2.57. The topological polar surface area (TPSA) is 48.2 Å². The van der Waals surface area contributed by atoms with Crippen molar-refractivity contribution in [3.63, 3.8) is 0 Å². The van der Waals surface area contributed by atoms with Crippen LogP contribution >= 0.6 is 0 Å². The van der Waals surface area contributed by atoms with Crippen LogP contribution in [-0.2, 0) is 15.1 Å². The van der Waals surface area contributed by atoms with Crippen LogP contribution in [0.2, 0.25) is 0 Å². The first-order valence-corrected chi connectivity index (χ1v) is 7.30. The highest BCUT2D eigenvalue weighted by Gasteiger charge is 2.54. The fraction of sp³-hybridized carbons (Fsp3) is 0.278. The maximum Gasteiger partial charge on any atom is 0.315 e. The lowest BCUT2D eigenvalue weighted by Gasteiger charge is -2.25. The molecule has 2 aromatic carbocycles. The van der Waals surface area contributed by atoms with Crippen LogP contribution in [-0.4, -0.2) is 19.1 Å². The first-order valence-electron chi connectivity index (χ1n) is 7.30. The number of nitrogens with one attached hydrogen (secondary N) is 1. The quantitative estimate of drug-likeness (QED) is 0.677. The Morgan fingerprint density at radius 2 is 1.71 bits per heavy atom. The van der Waals surface area contributed by atoms with Crippen molar-refractivity contribution in [2.45, 2.75) is 18.4 Å². The van der Waals surface area contributed by atoms with Gasteiger partial charge >= 0.3 is 5.97 Å². The van der Waals surface area contributed by atoms with Crippen LogP contribution in [0, 0.1) is 0 Å². The molecule has 0 saturated carbocycles. The molecule has 3 heteroatoms. The van der Waals surface area contributed by atoms with Crippen molar-refractivity contribution < 1.29 is 9.53 Å². The number of carbonyl (C=O) groups is 1. The van der Waals surface area contributed by atoms with E-state index in [1.807, 2.05) is 55.5 Å². The molecule has 1 fully saturated rings. The van der Waals surface area contributed by atoms with E-state index in [4.69, 9.17) is 4.74 Å². The SMILES string of the molecule is CCOC(=O)C(c1ccccc1)C1(c2ccccc2)CN1. The van der Waals surface area contributed by atoms with Crippen molar-refractivity contribution in [3.8, 4) is 0 Å². The number of hydrogen-bond donors (Lipinski definition) is 1. The molecule has 2 unspecified atom stereocenters. The van der Waals surface area contributed by atoms with Crippen LogP contribution in [0.4, 0.5) is 0 Å². The first kappa shape index (κ1) is 13.8. The average molecular weight is 281 g/mol. The fourth-order valence-corrected chi connectivity index (χ4v) is 2.90. The average Bonchev–Trinajstić information content (AvgIpc) is 3.31. The Bertz CT molecular complexity index is 606. The van der Waals surface area contributed by atoms with Crippen molar-refractivity contribution >= 4 is 5.97 Å². The van der Waals surface area contributed by atoms with Gasteiger partial charge in [0.2, 0.25) is 0 Å². The smallest absolute Gasteiger partial charge is 0.315 e. The van der Waals surface area contributed by atoms with Gasteiger partial charge in [-0.2, -0.15) is 0 Å². The largest absolute Gasteiger partial charge is 0.465 e. The minimum atomic E-state index is -0.338. The lowest BCUT2D eigenvalue weighted by Crippen LogP contribution is -2.31. The van der Waals surface area contributed by atoms with E-state index in [2.05, 4.69) is 17.4 Å². The summed E-state index contributed by atoms with van der Waals surface area (Å²) in [6.45, 7) is 3.03. The van der Waals surface area contributed by atoms with Crippen LogP contribution in [0.5, 0.6) is 0 Å². The van der Waals surface area contributed by atoms with Gasteiger partial charge in [0.25, 0.3) is 0 Å². The van der Waals surface area contributed by atoms with Crippen LogP contribution in [0.3, 0.4) is 0 Å². The van der Waals surface area contributed by atoms with Gasteiger partial charge in [0.05, 0.1) is 12.1 Å². The molecule has 2 atom stereocenters. The monoisotopic (exact) mass is 281 g/mol. The molecule has 0 amide bonds. The standard InChI is InChI=1S/C18H19NO2/c1-2-21-17(20)16(14-9-5-3-6-10-14)18(13-19-18)15-11-7-4-8-12-15/h3-12,16,19H,2,13H2,1H3. The third-order valence-corrected chi connectivity index (χ3v) is 3.99. The second-order valence-corrected chi connectivity index (χ2v) is 5.29. The molecule has 0 spiro atoms. The highest BCUT2D eigenvalue weighted by atomic mass is 16.5. The molecule has 0 aromatic heterocycles. The fourth-order valence-electron chi connectivity index (χ4n) is 2.90. The molecule has 0 radical (unpaired) electrons. The molecule has 0 aliphatic carbocycles. The van der Waals surface area contributed by atoms with E-state index in [0.717, 1.165) is 17.7 Å². The number of hydrogen-bond acceptors (Lipinski definition) is 3. The van der Waals surface area contributed by atoms with E-state index in [-0.39, 0.29) is 17.4 Å². The van der Waals surface area contributed by atoms with E-state index < -0.39 is 0 Å². The predicted molar refractivity (Wildman–Crippen MR) is 81.9 cm³/mol. The first-order chi connectivity index (χ1) is 10.3. The molecule has 1 aliphatic heterocycles. The Labute approximate surface area is 124 Å². The second kappa shape index (κ2) is 5.70. The van der Waals surface area contributed by atoms with Crippen molar-refractivity contribution in [2.75, 3.05) is 13.2 Å². The van der Waals surface area contributed by atoms with Gasteiger partial charge in [-0.15, -0.1) is 0 Å². The Hall–Kier alpha value is -2.13. The Morgan fingerprint density at radius 1 is 1.14 bits per heavy atom. The highest BCUT2D eigenvalue weighted by Crippen LogP contribution is 2.44. The number of carbonyl (C=O) groups excluding carboxylic acids is 1. The summed E-state index contributed by atoms with van der Waals surface area (Å²) in [5, 5.41) is 3.40. The summed E-state index contributed by atoms with van der Waals surface area (Å²) < 4.78 is 5.33. The molecule has 1 heterocycles. The summed E-state index contributed by atoms with van der Waals surface area (Å²) in [4.78, 5) is 12.5. The van der Waals surface area contributed by atoms with Gasteiger partial charge in [-0.3, -0.25) is 4.79 Å². The van der Waals surface area contributed by atoms with Gasteiger partial charge in [-0.1, -0.05) is 60.7 Å². The van der Waals surface area contributed by atoms with E-state index in [1.54, 1.807) is 0 Å². The Morgan fingerprint density at radius 3 is 2.24 bits per heavy atom. The molecular formula is C18H19NO2. The molecule has 1 saturated heterocycles. The lowest BCUT2D eigenvalue weighted by atomic mass is 9.81. The van der Waals surface area contributed by atoms with Crippen LogP contribution in [0.15, 0.2) is 60.7 Å². The predicted octanol–water partition coefficient (Wildman–Crippen LogP) is 2.83. The van der Waals surface area contributed by atoms with Gasteiger partial charge in [-0.05, 0) is 18.1 Å². The van der Waals surface area contributed by atoms with Crippen LogP contribution in [0.25, 0.3) is 0 Å². The molecule has 3 nitrogen and oxygen atoms in total. The van der Waals surface area contributed by atoms with Crippen molar-refractivity contribution in [1.29, 1.82) is 0 Å². The summed E-state index contributed by atoms with van der Waals surface area (Å²) in [5.74, 6) is -0.487. The summed E-state index contributed by atoms with van der Waals surface area (Å²) in [7, 11) is 0. The van der Waals surface area contributed by atoms with Crippen molar-refractivity contribution in [2.24, 2.45) is 0 Å².